The zero-order valence-corrected chi connectivity index (χ0v) is 13.7. The van der Waals surface area contributed by atoms with Crippen LogP contribution in [0.1, 0.15) is 37.1 Å². The molecule has 1 saturated heterocycles. The molecule has 2 heterocycles. The summed E-state index contributed by atoms with van der Waals surface area (Å²) < 4.78 is 0. The van der Waals surface area contributed by atoms with Gasteiger partial charge in [0.25, 0.3) is 0 Å². The van der Waals surface area contributed by atoms with E-state index in [1.807, 2.05) is 27.9 Å². The molecule has 4 heteroatoms. The quantitative estimate of drug-likeness (QED) is 0.855. The third-order valence-electron chi connectivity index (χ3n) is 4.22. The molecule has 0 aromatic carbocycles. The first kappa shape index (κ1) is 15.8. The number of piperidine rings is 1. The van der Waals surface area contributed by atoms with Gasteiger partial charge in [-0.25, -0.2) is 0 Å². The van der Waals surface area contributed by atoms with Crippen LogP contribution in [0.15, 0.2) is 12.1 Å². The van der Waals surface area contributed by atoms with E-state index in [4.69, 9.17) is 0 Å². The van der Waals surface area contributed by atoms with Gasteiger partial charge >= 0.3 is 0 Å². The summed E-state index contributed by atoms with van der Waals surface area (Å²) >= 11 is 0. The van der Waals surface area contributed by atoms with E-state index in [0.29, 0.717) is 12.3 Å². The van der Waals surface area contributed by atoms with E-state index in [0.717, 1.165) is 30.9 Å². The summed E-state index contributed by atoms with van der Waals surface area (Å²) in [7, 11) is 3.66. The number of hydrogen-bond acceptors (Lipinski definition) is 3. The summed E-state index contributed by atoms with van der Waals surface area (Å²) in [6, 6.07) is 4.33. The molecule has 0 N–H and O–H groups in total. The smallest absolute Gasteiger partial charge is 0.222 e. The Balaban J connectivity index is 1.95. The van der Waals surface area contributed by atoms with Crippen LogP contribution < -0.4 is 4.90 Å². The maximum absolute atomic E-state index is 11.7. The molecule has 1 fully saturated rings. The molecule has 1 aliphatic rings. The molecule has 1 aromatic rings. The number of aromatic nitrogens is 1. The predicted molar refractivity (Wildman–Crippen MR) is 86.6 cm³/mol. The van der Waals surface area contributed by atoms with Gasteiger partial charge in [-0.05, 0) is 51.2 Å². The minimum atomic E-state index is 0.239. The molecular weight excluding hydrogens is 262 g/mol. The number of nitrogens with zero attached hydrogens (tertiary/aromatic N) is 3. The van der Waals surface area contributed by atoms with Crippen molar-refractivity contribution < 1.29 is 4.79 Å². The Kier molecular flexibility index (Phi) is 5.21. The highest BCUT2D eigenvalue weighted by Crippen LogP contribution is 2.26. The molecule has 1 aliphatic heterocycles. The van der Waals surface area contributed by atoms with Crippen molar-refractivity contribution in [2.45, 2.75) is 39.5 Å². The molecule has 4 nitrogen and oxygen atoms in total. The number of rotatable bonds is 4. The Hall–Kier alpha value is -1.58. The SMILES string of the molecule is Cc1cc(N2CCC[C@@H](CCC(=O)N(C)C)C2)cc(C)n1. The average Bonchev–Trinajstić information content (AvgIpc) is 2.44. The summed E-state index contributed by atoms with van der Waals surface area (Å²) in [5, 5.41) is 0. The maximum Gasteiger partial charge on any atom is 0.222 e. The lowest BCUT2D eigenvalue weighted by molar-refractivity contribution is -0.129. The fourth-order valence-corrected chi connectivity index (χ4v) is 3.08. The topological polar surface area (TPSA) is 36.4 Å². The summed E-state index contributed by atoms with van der Waals surface area (Å²) in [6.45, 7) is 6.27. The Morgan fingerprint density at radius 2 is 2.00 bits per heavy atom. The van der Waals surface area contributed by atoms with Crippen LogP contribution in [-0.2, 0) is 4.79 Å². The Labute approximate surface area is 128 Å². The number of amides is 1. The van der Waals surface area contributed by atoms with Crippen LogP contribution in [-0.4, -0.2) is 43.0 Å². The van der Waals surface area contributed by atoms with Crippen molar-refractivity contribution >= 4 is 11.6 Å². The number of aryl methyl sites for hydroxylation is 2. The van der Waals surface area contributed by atoms with Gasteiger partial charge in [0.15, 0.2) is 0 Å². The molecule has 0 radical (unpaired) electrons. The van der Waals surface area contributed by atoms with Crippen LogP contribution in [0.5, 0.6) is 0 Å². The molecule has 21 heavy (non-hydrogen) atoms. The lowest BCUT2D eigenvalue weighted by atomic mass is 9.92. The molecule has 1 aromatic heterocycles. The molecule has 0 bridgehead atoms. The van der Waals surface area contributed by atoms with Crippen LogP contribution in [0.4, 0.5) is 5.69 Å². The molecule has 0 saturated carbocycles. The first-order valence-corrected chi connectivity index (χ1v) is 7.86. The fourth-order valence-electron chi connectivity index (χ4n) is 3.08. The largest absolute Gasteiger partial charge is 0.371 e. The van der Waals surface area contributed by atoms with Crippen molar-refractivity contribution in [2.75, 3.05) is 32.1 Å². The van der Waals surface area contributed by atoms with Gasteiger partial charge in [-0.15, -0.1) is 0 Å². The summed E-state index contributed by atoms with van der Waals surface area (Å²) in [6.07, 6.45) is 4.11. The van der Waals surface area contributed by atoms with Gasteiger partial charge in [0.05, 0.1) is 0 Å². The van der Waals surface area contributed by atoms with E-state index in [1.165, 1.54) is 18.5 Å². The highest BCUT2D eigenvalue weighted by atomic mass is 16.2. The number of pyridine rings is 1. The summed E-state index contributed by atoms with van der Waals surface area (Å²) in [5.74, 6) is 0.860. The Bertz CT molecular complexity index is 479. The summed E-state index contributed by atoms with van der Waals surface area (Å²) in [5.41, 5.74) is 3.44. The van der Waals surface area contributed by atoms with Gasteiger partial charge in [-0.3, -0.25) is 9.78 Å². The molecule has 2 rings (SSSR count). The van der Waals surface area contributed by atoms with E-state index in [1.54, 1.807) is 4.90 Å². The van der Waals surface area contributed by atoms with Crippen molar-refractivity contribution in [2.24, 2.45) is 5.92 Å². The first-order chi connectivity index (χ1) is 9.95. The van der Waals surface area contributed by atoms with Gasteiger partial charge in [-0.2, -0.15) is 0 Å². The number of carbonyl (C=O) groups is 1. The van der Waals surface area contributed by atoms with Gasteiger partial charge in [0.2, 0.25) is 5.91 Å². The van der Waals surface area contributed by atoms with Crippen molar-refractivity contribution in [3.05, 3.63) is 23.5 Å². The number of anilines is 1. The van der Waals surface area contributed by atoms with Crippen LogP contribution in [0.2, 0.25) is 0 Å². The fraction of sp³-hybridized carbons (Fsp3) is 0.647. The van der Waals surface area contributed by atoms with E-state index in [-0.39, 0.29) is 5.91 Å². The number of carbonyl (C=O) groups excluding carboxylic acids is 1. The van der Waals surface area contributed by atoms with Crippen LogP contribution in [0, 0.1) is 19.8 Å². The number of hydrogen-bond donors (Lipinski definition) is 0. The third-order valence-corrected chi connectivity index (χ3v) is 4.22. The van der Waals surface area contributed by atoms with Gasteiger partial charge < -0.3 is 9.80 Å². The molecule has 116 valence electrons. The Morgan fingerprint density at radius 1 is 1.33 bits per heavy atom. The summed E-state index contributed by atoms with van der Waals surface area (Å²) in [4.78, 5) is 20.3. The average molecular weight is 289 g/mol. The first-order valence-electron chi connectivity index (χ1n) is 7.86. The van der Waals surface area contributed by atoms with Crippen LogP contribution in [0.25, 0.3) is 0 Å². The molecule has 0 aliphatic carbocycles. The van der Waals surface area contributed by atoms with Gasteiger partial charge in [0, 0.05) is 50.7 Å². The van der Waals surface area contributed by atoms with Crippen LogP contribution in [0.3, 0.4) is 0 Å². The second kappa shape index (κ2) is 6.92. The van der Waals surface area contributed by atoms with E-state index in [9.17, 15) is 4.79 Å². The standard InChI is InChI=1S/C17H27N3O/c1-13-10-16(11-14(2)18-13)20-9-5-6-15(12-20)7-8-17(21)19(3)4/h10-11,15H,5-9,12H2,1-4H3/t15-/m0/s1. The molecule has 1 amide bonds. The second-order valence-electron chi connectivity index (χ2n) is 6.39. The van der Waals surface area contributed by atoms with Crippen LogP contribution >= 0.6 is 0 Å². The molecule has 1 atom stereocenters. The molecular formula is C17H27N3O. The van der Waals surface area contributed by atoms with E-state index < -0.39 is 0 Å². The maximum atomic E-state index is 11.7. The van der Waals surface area contributed by atoms with Crippen molar-refractivity contribution in [3.63, 3.8) is 0 Å². The highest BCUT2D eigenvalue weighted by Gasteiger charge is 2.21. The van der Waals surface area contributed by atoms with Gasteiger partial charge in [-0.1, -0.05) is 0 Å². The van der Waals surface area contributed by atoms with Crippen molar-refractivity contribution in [3.8, 4) is 0 Å². The predicted octanol–water partition coefficient (Wildman–Crippen LogP) is 2.78. The second-order valence-corrected chi connectivity index (χ2v) is 6.39. The zero-order valence-electron chi connectivity index (χ0n) is 13.7. The lowest BCUT2D eigenvalue weighted by Crippen LogP contribution is -2.36. The zero-order chi connectivity index (χ0) is 15.4. The molecule has 0 spiro atoms. The normalized spacial score (nSPS) is 18.7. The Morgan fingerprint density at radius 3 is 2.62 bits per heavy atom. The van der Waals surface area contributed by atoms with Crippen molar-refractivity contribution in [1.29, 1.82) is 0 Å². The lowest BCUT2D eigenvalue weighted by Gasteiger charge is -2.34. The third kappa shape index (κ3) is 4.45. The minimum absolute atomic E-state index is 0.239. The molecule has 0 unspecified atom stereocenters. The highest BCUT2D eigenvalue weighted by molar-refractivity contribution is 5.75. The van der Waals surface area contributed by atoms with E-state index >= 15 is 0 Å². The minimum Gasteiger partial charge on any atom is -0.371 e. The van der Waals surface area contributed by atoms with Gasteiger partial charge in [0.1, 0.15) is 0 Å². The monoisotopic (exact) mass is 289 g/mol. The van der Waals surface area contributed by atoms with Crippen molar-refractivity contribution in [1.82, 2.24) is 9.88 Å². The van der Waals surface area contributed by atoms with E-state index in [2.05, 4.69) is 22.0 Å².